The molecule has 8 heteroatoms. The number of hydrogen-bond donors (Lipinski definition) is 1. The smallest absolute Gasteiger partial charge is 0.322 e. The minimum atomic E-state index is -0.357. The zero-order valence-corrected chi connectivity index (χ0v) is 16.3. The predicted molar refractivity (Wildman–Crippen MR) is 111 cm³/mol. The number of fused-ring (bicyclic) bond motifs is 1. The van der Waals surface area contributed by atoms with Gasteiger partial charge in [-0.15, -0.1) is 5.10 Å². The summed E-state index contributed by atoms with van der Waals surface area (Å²) in [6.45, 7) is 0.217. The number of nitrogens with one attached hydrogen (secondary N) is 1. The summed E-state index contributed by atoms with van der Waals surface area (Å²) in [5, 5.41) is 10.5. The lowest BCUT2D eigenvalue weighted by Gasteiger charge is -2.06. The minimum Gasteiger partial charge on any atom is -0.457 e. The molecule has 1 N–H and O–H groups in total. The highest BCUT2D eigenvalue weighted by Crippen LogP contribution is 2.33. The predicted octanol–water partition coefficient (Wildman–Crippen LogP) is 4.43. The van der Waals surface area contributed by atoms with E-state index in [0.717, 1.165) is 11.3 Å². The molecular weight excluding hydrogens is 398 g/mol. The molecule has 0 fully saturated rings. The summed E-state index contributed by atoms with van der Waals surface area (Å²) in [5.74, 6) is 2.77. The number of benzene rings is 3. The van der Waals surface area contributed by atoms with Gasteiger partial charge in [-0.2, -0.15) is 0 Å². The zero-order valence-electron chi connectivity index (χ0n) is 16.3. The molecule has 0 saturated carbocycles. The lowest BCUT2D eigenvalue weighted by Crippen LogP contribution is -2.11. The third-order valence-corrected chi connectivity index (χ3v) is 4.58. The number of anilines is 1. The van der Waals surface area contributed by atoms with E-state index in [4.69, 9.17) is 18.6 Å². The average Bonchev–Trinajstić information content (AvgIpc) is 3.44. The van der Waals surface area contributed by atoms with Crippen LogP contribution < -0.4 is 19.5 Å². The van der Waals surface area contributed by atoms with Crippen molar-refractivity contribution in [3.8, 4) is 23.0 Å². The monoisotopic (exact) mass is 415 g/mol. The van der Waals surface area contributed by atoms with E-state index < -0.39 is 0 Å². The molecule has 31 heavy (non-hydrogen) atoms. The Labute approximate surface area is 177 Å². The summed E-state index contributed by atoms with van der Waals surface area (Å²) in [6, 6.07) is 21.8. The number of carbonyl (C=O) groups excluding carboxylic acids is 1. The van der Waals surface area contributed by atoms with Crippen LogP contribution in [0.1, 0.15) is 21.8 Å². The number of hydrogen-bond acceptors (Lipinski definition) is 7. The van der Waals surface area contributed by atoms with Gasteiger partial charge in [0.25, 0.3) is 5.91 Å². The van der Waals surface area contributed by atoms with Crippen molar-refractivity contribution in [3.05, 3.63) is 89.8 Å². The molecule has 8 nitrogen and oxygen atoms in total. The Morgan fingerprint density at radius 1 is 0.903 bits per heavy atom. The van der Waals surface area contributed by atoms with E-state index >= 15 is 0 Å². The second-order valence-corrected chi connectivity index (χ2v) is 6.76. The van der Waals surface area contributed by atoms with Crippen LogP contribution in [0.3, 0.4) is 0 Å². The van der Waals surface area contributed by atoms with Gasteiger partial charge < -0.3 is 18.6 Å². The first-order chi connectivity index (χ1) is 15.2. The van der Waals surface area contributed by atoms with Crippen molar-refractivity contribution in [2.75, 3.05) is 12.1 Å². The van der Waals surface area contributed by atoms with Gasteiger partial charge in [0.2, 0.25) is 12.7 Å². The van der Waals surface area contributed by atoms with Crippen LogP contribution >= 0.6 is 0 Å². The van der Waals surface area contributed by atoms with Crippen molar-refractivity contribution < 1.29 is 23.4 Å². The van der Waals surface area contributed by atoms with Crippen molar-refractivity contribution >= 4 is 11.9 Å². The maximum atomic E-state index is 12.5. The fraction of sp³-hybridized carbons (Fsp3) is 0.0870. The first-order valence-electron chi connectivity index (χ1n) is 9.58. The molecule has 3 aromatic carbocycles. The molecule has 0 bridgehead atoms. The van der Waals surface area contributed by atoms with Gasteiger partial charge in [-0.05, 0) is 54.1 Å². The second-order valence-electron chi connectivity index (χ2n) is 6.76. The molecule has 2 heterocycles. The van der Waals surface area contributed by atoms with Gasteiger partial charge in [0.05, 0.1) is 6.42 Å². The fourth-order valence-electron chi connectivity index (χ4n) is 3.07. The van der Waals surface area contributed by atoms with Gasteiger partial charge in [0.15, 0.2) is 11.5 Å². The van der Waals surface area contributed by atoms with Crippen molar-refractivity contribution in [2.24, 2.45) is 0 Å². The maximum absolute atomic E-state index is 12.5. The number of amides is 1. The average molecular weight is 415 g/mol. The molecule has 154 valence electrons. The van der Waals surface area contributed by atoms with Gasteiger partial charge >= 0.3 is 6.01 Å². The molecule has 0 radical (unpaired) electrons. The highest BCUT2D eigenvalue weighted by atomic mass is 16.7. The summed E-state index contributed by atoms with van der Waals surface area (Å²) in [7, 11) is 0. The Bertz CT molecular complexity index is 1210. The van der Waals surface area contributed by atoms with Crippen LogP contribution in [0.2, 0.25) is 0 Å². The van der Waals surface area contributed by atoms with E-state index in [-0.39, 0.29) is 18.7 Å². The Hall–Kier alpha value is -4.33. The fourth-order valence-corrected chi connectivity index (χ4v) is 3.07. The van der Waals surface area contributed by atoms with E-state index in [2.05, 4.69) is 15.5 Å². The number of rotatable bonds is 6. The van der Waals surface area contributed by atoms with Crippen LogP contribution in [0.5, 0.6) is 23.0 Å². The van der Waals surface area contributed by atoms with Crippen LogP contribution in [0, 0.1) is 0 Å². The number of para-hydroxylation sites is 1. The molecule has 5 rings (SSSR count). The molecule has 1 aliphatic heterocycles. The van der Waals surface area contributed by atoms with Crippen molar-refractivity contribution in [1.82, 2.24) is 10.2 Å². The molecule has 0 saturated heterocycles. The normalized spacial score (nSPS) is 11.9. The van der Waals surface area contributed by atoms with Gasteiger partial charge in [-0.1, -0.05) is 29.4 Å². The van der Waals surface area contributed by atoms with Gasteiger partial charge in [0, 0.05) is 5.56 Å². The Morgan fingerprint density at radius 3 is 2.52 bits per heavy atom. The molecule has 4 aromatic rings. The van der Waals surface area contributed by atoms with Crippen molar-refractivity contribution in [3.63, 3.8) is 0 Å². The van der Waals surface area contributed by atoms with Crippen LogP contribution in [0.4, 0.5) is 6.01 Å². The van der Waals surface area contributed by atoms with Crippen LogP contribution in [-0.4, -0.2) is 22.9 Å². The lowest BCUT2D eigenvalue weighted by molar-refractivity contribution is 0.102. The van der Waals surface area contributed by atoms with E-state index in [0.29, 0.717) is 35.1 Å². The molecule has 0 unspecified atom stereocenters. The molecule has 0 spiro atoms. The Kier molecular flexibility index (Phi) is 4.94. The van der Waals surface area contributed by atoms with Crippen LogP contribution in [0.15, 0.2) is 77.2 Å². The summed E-state index contributed by atoms with van der Waals surface area (Å²) in [4.78, 5) is 12.5. The summed E-state index contributed by atoms with van der Waals surface area (Å²) in [5.41, 5.74) is 1.37. The van der Waals surface area contributed by atoms with Gasteiger partial charge in [-0.3, -0.25) is 10.1 Å². The van der Waals surface area contributed by atoms with Crippen LogP contribution in [0.25, 0.3) is 0 Å². The molecule has 1 aromatic heterocycles. The number of ether oxygens (including phenoxy) is 3. The summed E-state index contributed by atoms with van der Waals surface area (Å²) >= 11 is 0. The summed E-state index contributed by atoms with van der Waals surface area (Å²) < 4.78 is 22.0. The molecule has 0 aliphatic carbocycles. The molecular formula is C23H17N3O5. The highest BCUT2D eigenvalue weighted by molar-refractivity contribution is 6.03. The minimum absolute atomic E-state index is 0.0327. The Balaban J connectivity index is 1.20. The highest BCUT2D eigenvalue weighted by Gasteiger charge is 2.16. The van der Waals surface area contributed by atoms with E-state index in [1.165, 1.54) is 0 Å². The van der Waals surface area contributed by atoms with E-state index in [1.54, 1.807) is 24.3 Å². The SMILES string of the molecule is O=C(Nc1nnc(Cc2ccc3c(c2)OCO3)o1)c1ccc(Oc2ccccc2)cc1. The quantitative estimate of drug-likeness (QED) is 0.497. The van der Waals surface area contributed by atoms with Crippen LogP contribution in [-0.2, 0) is 6.42 Å². The molecule has 1 aliphatic rings. The number of aromatic nitrogens is 2. The zero-order chi connectivity index (χ0) is 21.0. The first-order valence-corrected chi connectivity index (χ1v) is 9.58. The lowest BCUT2D eigenvalue weighted by atomic mass is 10.1. The van der Waals surface area contributed by atoms with E-state index in [1.807, 2.05) is 48.5 Å². The maximum Gasteiger partial charge on any atom is 0.322 e. The standard InChI is InChI=1S/C23H17N3O5/c27-22(16-7-9-18(10-8-16)30-17-4-2-1-3-5-17)24-23-26-25-21(31-23)13-15-6-11-19-20(12-15)29-14-28-19/h1-12H,13-14H2,(H,24,26,27). The Morgan fingerprint density at radius 2 is 1.68 bits per heavy atom. The van der Waals surface area contributed by atoms with Gasteiger partial charge in [0.1, 0.15) is 11.5 Å². The topological polar surface area (TPSA) is 95.7 Å². The van der Waals surface area contributed by atoms with Crippen molar-refractivity contribution in [2.45, 2.75) is 6.42 Å². The first kappa shape index (κ1) is 18.7. The van der Waals surface area contributed by atoms with Crippen molar-refractivity contribution in [1.29, 1.82) is 0 Å². The van der Waals surface area contributed by atoms with E-state index in [9.17, 15) is 4.79 Å². The molecule has 0 atom stereocenters. The third-order valence-electron chi connectivity index (χ3n) is 4.58. The largest absolute Gasteiger partial charge is 0.457 e. The number of carbonyl (C=O) groups is 1. The van der Waals surface area contributed by atoms with Gasteiger partial charge in [-0.25, -0.2) is 0 Å². The third kappa shape index (κ3) is 4.32. The number of nitrogens with zero attached hydrogens (tertiary/aromatic N) is 2. The second kappa shape index (κ2) is 8.19. The summed E-state index contributed by atoms with van der Waals surface area (Å²) in [6.07, 6.45) is 0.408. The molecule has 1 amide bonds.